The second kappa shape index (κ2) is 6.26. The van der Waals surface area contributed by atoms with Crippen LogP contribution in [0.4, 0.5) is 11.4 Å². The molecule has 0 aliphatic heterocycles. The monoisotopic (exact) mass is 356 g/mol. The number of nitrogens with one attached hydrogen (secondary N) is 1. The van der Waals surface area contributed by atoms with E-state index in [0.717, 1.165) is 6.26 Å². The van der Waals surface area contributed by atoms with Crippen molar-refractivity contribution in [1.82, 2.24) is 0 Å². The van der Waals surface area contributed by atoms with Crippen LogP contribution in [0.25, 0.3) is 0 Å². The van der Waals surface area contributed by atoms with E-state index in [1.165, 1.54) is 29.5 Å². The fourth-order valence-corrected chi connectivity index (χ4v) is 3.74. The van der Waals surface area contributed by atoms with Gasteiger partial charge in [-0.15, -0.1) is 11.3 Å². The first kappa shape index (κ1) is 17.4. The normalized spacial score (nSPS) is 14.2. The minimum Gasteiger partial charge on any atom is -0.383 e. The summed E-state index contributed by atoms with van der Waals surface area (Å²) in [7, 11) is -3.74. The second-order valence-corrected chi connectivity index (χ2v) is 8.22. The molecular weight excluding hydrogens is 340 g/mol. The predicted octanol–water partition coefficient (Wildman–Crippen LogP) is 2.38. The van der Waals surface area contributed by atoms with Gasteiger partial charge in [-0.2, -0.15) is 0 Å². The minimum atomic E-state index is -3.74. The molecule has 0 saturated heterocycles. The summed E-state index contributed by atoms with van der Waals surface area (Å²) in [4.78, 5) is 10.9. The van der Waals surface area contributed by atoms with Crippen molar-refractivity contribution in [1.29, 1.82) is 0 Å². The predicted molar refractivity (Wildman–Crippen MR) is 88.6 cm³/mol. The van der Waals surface area contributed by atoms with Crippen LogP contribution in [0.1, 0.15) is 11.8 Å². The van der Waals surface area contributed by atoms with Crippen LogP contribution in [0, 0.1) is 10.1 Å². The topological polar surface area (TPSA) is 110 Å². The van der Waals surface area contributed by atoms with Crippen LogP contribution >= 0.6 is 11.3 Å². The summed E-state index contributed by atoms with van der Waals surface area (Å²) in [6.07, 6.45) is 0.918. The van der Waals surface area contributed by atoms with Gasteiger partial charge in [0.2, 0.25) is 0 Å². The van der Waals surface area contributed by atoms with Gasteiger partial charge in [0.1, 0.15) is 16.2 Å². The van der Waals surface area contributed by atoms with Gasteiger partial charge in [-0.3, -0.25) is 10.1 Å². The lowest BCUT2D eigenvalue weighted by molar-refractivity contribution is -0.386. The van der Waals surface area contributed by atoms with Gasteiger partial charge in [0.15, 0.2) is 9.84 Å². The van der Waals surface area contributed by atoms with E-state index in [4.69, 9.17) is 0 Å². The molecule has 0 radical (unpaired) electrons. The first-order valence-electron chi connectivity index (χ1n) is 6.60. The molecule has 0 aliphatic rings. The molecular formula is C14H16N2O5S2. The molecule has 9 heteroatoms. The Morgan fingerprint density at radius 3 is 2.57 bits per heavy atom. The van der Waals surface area contributed by atoms with Crippen molar-refractivity contribution in [3.8, 4) is 0 Å². The molecule has 0 aliphatic carbocycles. The van der Waals surface area contributed by atoms with Crippen molar-refractivity contribution >= 4 is 32.5 Å². The van der Waals surface area contributed by atoms with E-state index in [9.17, 15) is 23.6 Å². The molecule has 1 heterocycles. The van der Waals surface area contributed by atoms with Crippen LogP contribution in [0.2, 0.25) is 0 Å². The molecule has 1 aromatic heterocycles. The SMILES string of the molecule is CC(O)(CNc1cccc(S(C)(=O)=O)c1[N+](=O)[O-])c1cccs1. The van der Waals surface area contributed by atoms with Gasteiger partial charge in [-0.1, -0.05) is 12.1 Å². The van der Waals surface area contributed by atoms with Gasteiger partial charge in [0.25, 0.3) is 0 Å². The van der Waals surface area contributed by atoms with Gasteiger partial charge in [-0.25, -0.2) is 8.42 Å². The quantitative estimate of drug-likeness (QED) is 0.607. The molecule has 0 spiro atoms. The summed E-state index contributed by atoms with van der Waals surface area (Å²) in [5.74, 6) is 0. The Labute approximate surface area is 137 Å². The third kappa shape index (κ3) is 3.87. The highest BCUT2D eigenvalue weighted by molar-refractivity contribution is 7.90. The first-order chi connectivity index (χ1) is 10.6. The number of nitro groups is 1. The highest BCUT2D eigenvalue weighted by Crippen LogP contribution is 2.33. The molecule has 2 aromatic rings. The van der Waals surface area contributed by atoms with Gasteiger partial charge in [0.05, 0.1) is 4.92 Å². The zero-order chi connectivity index (χ0) is 17.3. The summed E-state index contributed by atoms with van der Waals surface area (Å²) >= 11 is 1.36. The number of anilines is 1. The third-order valence-electron chi connectivity index (χ3n) is 3.26. The Kier molecular flexibility index (Phi) is 4.73. The smallest absolute Gasteiger partial charge is 0.310 e. The summed E-state index contributed by atoms with van der Waals surface area (Å²) < 4.78 is 23.4. The van der Waals surface area contributed by atoms with Crippen molar-refractivity contribution < 1.29 is 18.4 Å². The molecule has 2 N–H and O–H groups in total. The molecule has 0 amide bonds. The second-order valence-electron chi connectivity index (χ2n) is 5.29. The Morgan fingerprint density at radius 2 is 2.04 bits per heavy atom. The maximum atomic E-state index is 11.7. The largest absolute Gasteiger partial charge is 0.383 e. The van der Waals surface area contributed by atoms with E-state index < -0.39 is 26.0 Å². The van der Waals surface area contributed by atoms with E-state index in [0.29, 0.717) is 4.88 Å². The number of para-hydroxylation sites is 1. The Bertz CT molecular complexity index is 814. The number of nitro benzene ring substituents is 1. The van der Waals surface area contributed by atoms with Crippen LogP contribution in [0.3, 0.4) is 0 Å². The highest BCUT2D eigenvalue weighted by atomic mass is 32.2. The Hall–Kier alpha value is -1.97. The molecule has 0 saturated carbocycles. The van der Waals surface area contributed by atoms with Crippen LogP contribution in [0.5, 0.6) is 0 Å². The molecule has 2 rings (SSSR count). The van der Waals surface area contributed by atoms with Gasteiger partial charge >= 0.3 is 5.69 Å². The van der Waals surface area contributed by atoms with E-state index in [1.807, 2.05) is 5.38 Å². The molecule has 124 valence electrons. The van der Waals surface area contributed by atoms with E-state index in [2.05, 4.69) is 5.32 Å². The summed E-state index contributed by atoms with van der Waals surface area (Å²) in [5, 5.41) is 26.3. The zero-order valence-electron chi connectivity index (χ0n) is 12.5. The fraction of sp³-hybridized carbons (Fsp3) is 0.286. The average Bonchev–Trinajstić information content (AvgIpc) is 2.98. The fourth-order valence-electron chi connectivity index (χ4n) is 2.09. The molecule has 1 aromatic carbocycles. The molecule has 0 bridgehead atoms. The Balaban J connectivity index is 2.36. The first-order valence-corrected chi connectivity index (χ1v) is 9.38. The molecule has 0 fully saturated rings. The van der Waals surface area contributed by atoms with Gasteiger partial charge in [0, 0.05) is 17.7 Å². The third-order valence-corrected chi connectivity index (χ3v) is 5.51. The number of thiophene rings is 1. The lowest BCUT2D eigenvalue weighted by Gasteiger charge is -2.23. The zero-order valence-corrected chi connectivity index (χ0v) is 14.1. The summed E-state index contributed by atoms with van der Waals surface area (Å²) in [6.45, 7) is 1.58. The van der Waals surface area contributed by atoms with Gasteiger partial charge in [-0.05, 0) is 30.5 Å². The number of rotatable bonds is 6. The van der Waals surface area contributed by atoms with Crippen molar-refractivity contribution in [2.75, 3.05) is 18.1 Å². The maximum absolute atomic E-state index is 11.7. The van der Waals surface area contributed by atoms with E-state index in [1.54, 1.807) is 19.1 Å². The number of hydrogen-bond acceptors (Lipinski definition) is 7. The Morgan fingerprint density at radius 1 is 1.35 bits per heavy atom. The van der Waals surface area contributed by atoms with Crippen molar-refractivity contribution in [3.05, 3.63) is 50.7 Å². The van der Waals surface area contributed by atoms with Crippen LogP contribution < -0.4 is 5.32 Å². The number of nitrogens with zero attached hydrogens (tertiary/aromatic N) is 1. The molecule has 7 nitrogen and oxygen atoms in total. The standard InChI is InChI=1S/C14H16N2O5S2/c1-14(17,12-7-4-8-22-12)9-15-10-5-3-6-11(23(2,20)21)13(10)16(18)19/h3-8,15,17H,9H2,1-2H3. The van der Waals surface area contributed by atoms with Crippen molar-refractivity contribution in [2.24, 2.45) is 0 Å². The number of hydrogen-bond donors (Lipinski definition) is 2. The average molecular weight is 356 g/mol. The van der Waals surface area contributed by atoms with E-state index >= 15 is 0 Å². The lowest BCUT2D eigenvalue weighted by atomic mass is 10.1. The van der Waals surface area contributed by atoms with Crippen molar-refractivity contribution in [2.45, 2.75) is 17.4 Å². The molecule has 1 atom stereocenters. The van der Waals surface area contributed by atoms with Crippen LogP contribution in [-0.4, -0.2) is 31.2 Å². The maximum Gasteiger partial charge on any atom is 0.310 e. The number of aliphatic hydroxyl groups is 1. The summed E-state index contributed by atoms with van der Waals surface area (Å²) in [6, 6.07) is 7.58. The molecule has 1 unspecified atom stereocenters. The lowest BCUT2D eigenvalue weighted by Crippen LogP contribution is -2.30. The van der Waals surface area contributed by atoms with Gasteiger partial charge < -0.3 is 10.4 Å². The highest BCUT2D eigenvalue weighted by Gasteiger charge is 2.29. The molecule has 23 heavy (non-hydrogen) atoms. The van der Waals surface area contributed by atoms with Crippen molar-refractivity contribution in [3.63, 3.8) is 0 Å². The number of sulfone groups is 1. The summed E-state index contributed by atoms with van der Waals surface area (Å²) in [5.41, 5.74) is -1.70. The number of benzene rings is 1. The van der Waals surface area contributed by atoms with E-state index in [-0.39, 0.29) is 17.1 Å². The minimum absolute atomic E-state index is 0.00156. The van der Waals surface area contributed by atoms with Crippen LogP contribution in [-0.2, 0) is 15.4 Å². The van der Waals surface area contributed by atoms with Crippen LogP contribution in [0.15, 0.2) is 40.6 Å².